The monoisotopic (exact) mass is 373 g/mol. The fourth-order valence-electron chi connectivity index (χ4n) is 2.43. The van der Waals surface area contributed by atoms with Gasteiger partial charge in [-0.05, 0) is 30.3 Å². The molecule has 0 atom stereocenters. The number of nitrogens with one attached hydrogen (secondary N) is 1. The maximum atomic E-state index is 12.1. The van der Waals surface area contributed by atoms with E-state index in [1.807, 2.05) is 60.1 Å². The van der Waals surface area contributed by atoms with Gasteiger partial charge in [-0.2, -0.15) is 5.10 Å². The van der Waals surface area contributed by atoms with Gasteiger partial charge in [-0.1, -0.05) is 24.3 Å². The zero-order valence-electron chi connectivity index (χ0n) is 14.2. The summed E-state index contributed by atoms with van der Waals surface area (Å²) in [4.78, 5) is 20.8. The van der Waals surface area contributed by atoms with Crippen LogP contribution < -0.4 is 5.32 Å². The number of nitrogens with zero attached hydrogens (tertiary/aromatic N) is 4. The lowest BCUT2D eigenvalue weighted by molar-refractivity contribution is -0.111. The zero-order valence-corrected chi connectivity index (χ0v) is 15.0. The van der Waals surface area contributed by atoms with Crippen LogP contribution in [0, 0.1) is 0 Å². The summed E-state index contributed by atoms with van der Waals surface area (Å²) in [5, 5.41) is 9.47. The first-order valence-electron chi connectivity index (χ1n) is 8.24. The number of thiazole rings is 1. The van der Waals surface area contributed by atoms with Gasteiger partial charge in [-0.15, -0.1) is 11.3 Å². The maximum Gasteiger partial charge on any atom is 0.250 e. The largest absolute Gasteiger partial charge is 0.298 e. The Balaban J connectivity index is 1.40. The number of aromatic nitrogens is 4. The second-order valence-corrected chi connectivity index (χ2v) is 6.49. The van der Waals surface area contributed by atoms with E-state index in [0.29, 0.717) is 5.13 Å². The number of pyridine rings is 1. The third-order valence-corrected chi connectivity index (χ3v) is 4.47. The van der Waals surface area contributed by atoms with Crippen LogP contribution >= 0.6 is 11.3 Å². The van der Waals surface area contributed by atoms with Crippen LogP contribution in [-0.2, 0) is 4.79 Å². The first-order valence-corrected chi connectivity index (χ1v) is 9.12. The quantitative estimate of drug-likeness (QED) is 0.536. The lowest BCUT2D eigenvalue weighted by Crippen LogP contribution is -2.07. The molecule has 0 fully saturated rings. The molecule has 0 saturated carbocycles. The molecule has 0 saturated heterocycles. The van der Waals surface area contributed by atoms with E-state index in [2.05, 4.69) is 20.4 Å². The number of hydrogen-bond acceptors (Lipinski definition) is 5. The molecule has 1 aromatic carbocycles. The zero-order chi connectivity index (χ0) is 18.5. The lowest BCUT2D eigenvalue weighted by Gasteiger charge is -1.98. The molecule has 6 nitrogen and oxygen atoms in total. The molecule has 3 heterocycles. The molecule has 7 heteroatoms. The van der Waals surface area contributed by atoms with E-state index in [-0.39, 0.29) is 5.91 Å². The van der Waals surface area contributed by atoms with Crippen molar-refractivity contribution in [1.29, 1.82) is 0 Å². The van der Waals surface area contributed by atoms with Gasteiger partial charge in [0.05, 0.1) is 17.6 Å². The van der Waals surface area contributed by atoms with Crippen LogP contribution in [0.5, 0.6) is 0 Å². The van der Waals surface area contributed by atoms with Crippen LogP contribution in [0.1, 0.15) is 5.56 Å². The third-order valence-electron chi connectivity index (χ3n) is 3.71. The van der Waals surface area contributed by atoms with Crippen molar-refractivity contribution in [1.82, 2.24) is 19.7 Å². The molecular weight excluding hydrogens is 358 g/mol. The van der Waals surface area contributed by atoms with E-state index in [1.54, 1.807) is 23.2 Å². The van der Waals surface area contributed by atoms with Crippen LogP contribution in [0.25, 0.3) is 23.2 Å². The predicted octanol–water partition coefficient (Wildman–Crippen LogP) is 4.04. The first-order chi connectivity index (χ1) is 13.3. The van der Waals surface area contributed by atoms with E-state index in [1.165, 1.54) is 17.4 Å². The van der Waals surface area contributed by atoms with E-state index in [9.17, 15) is 4.79 Å². The highest BCUT2D eigenvalue weighted by Gasteiger charge is 2.07. The minimum Gasteiger partial charge on any atom is -0.298 e. The Morgan fingerprint density at radius 3 is 2.74 bits per heavy atom. The number of para-hydroxylation sites is 1. The molecule has 1 amide bonds. The Labute approximate surface area is 159 Å². The van der Waals surface area contributed by atoms with Crippen molar-refractivity contribution in [3.05, 3.63) is 84.1 Å². The highest BCUT2D eigenvalue weighted by molar-refractivity contribution is 7.14. The molecule has 4 aromatic rings. The Bertz CT molecular complexity index is 1070. The fourth-order valence-corrected chi connectivity index (χ4v) is 3.13. The SMILES string of the molecule is O=C(/C=C/c1cnn(-c2ccccc2)c1)Nc1nc(-c2ccccn2)cs1. The average molecular weight is 373 g/mol. The molecule has 0 aliphatic heterocycles. The maximum absolute atomic E-state index is 12.1. The van der Waals surface area contributed by atoms with Crippen molar-refractivity contribution < 1.29 is 4.79 Å². The Morgan fingerprint density at radius 1 is 1.07 bits per heavy atom. The predicted molar refractivity (Wildman–Crippen MR) is 107 cm³/mol. The molecular formula is C20H15N5OS. The van der Waals surface area contributed by atoms with Gasteiger partial charge in [-0.25, -0.2) is 9.67 Å². The number of benzene rings is 1. The molecule has 0 aliphatic rings. The summed E-state index contributed by atoms with van der Waals surface area (Å²) in [5.74, 6) is -0.246. The molecule has 0 bridgehead atoms. The summed E-state index contributed by atoms with van der Waals surface area (Å²) in [6.45, 7) is 0. The van der Waals surface area contributed by atoms with Gasteiger partial charge in [0, 0.05) is 29.4 Å². The molecule has 1 N–H and O–H groups in total. The van der Waals surface area contributed by atoms with Crippen LogP contribution in [-0.4, -0.2) is 25.7 Å². The molecule has 0 unspecified atom stereocenters. The van der Waals surface area contributed by atoms with Crippen LogP contribution in [0.15, 0.2) is 78.6 Å². The van der Waals surface area contributed by atoms with Crippen LogP contribution in [0.4, 0.5) is 5.13 Å². The molecule has 4 rings (SSSR count). The molecule has 0 radical (unpaired) electrons. The van der Waals surface area contributed by atoms with Gasteiger partial charge in [-0.3, -0.25) is 15.1 Å². The summed E-state index contributed by atoms with van der Waals surface area (Å²) < 4.78 is 1.76. The third kappa shape index (κ3) is 4.16. The smallest absolute Gasteiger partial charge is 0.250 e. The Hall–Kier alpha value is -3.58. The van der Waals surface area contributed by atoms with Crippen molar-refractivity contribution in [3.63, 3.8) is 0 Å². The van der Waals surface area contributed by atoms with Gasteiger partial charge >= 0.3 is 0 Å². The number of hydrogen-bond donors (Lipinski definition) is 1. The van der Waals surface area contributed by atoms with Gasteiger partial charge in [0.1, 0.15) is 5.69 Å². The number of carbonyl (C=O) groups excluding carboxylic acids is 1. The summed E-state index contributed by atoms with van der Waals surface area (Å²) in [6, 6.07) is 15.4. The van der Waals surface area contributed by atoms with Crippen molar-refractivity contribution in [2.24, 2.45) is 0 Å². The summed E-state index contributed by atoms with van der Waals surface area (Å²) in [6.07, 6.45) is 8.47. The topological polar surface area (TPSA) is 72.7 Å². The highest BCUT2D eigenvalue weighted by Crippen LogP contribution is 2.23. The summed E-state index contributed by atoms with van der Waals surface area (Å²) >= 11 is 1.36. The van der Waals surface area contributed by atoms with E-state index >= 15 is 0 Å². The standard InChI is InChI=1S/C20H15N5OS/c26-19(24-20-23-18(14-27-20)17-8-4-5-11-21-17)10-9-15-12-22-25(13-15)16-6-2-1-3-7-16/h1-14H,(H,23,24,26)/b10-9+. The molecule has 0 spiro atoms. The van der Waals surface area contributed by atoms with E-state index < -0.39 is 0 Å². The van der Waals surface area contributed by atoms with Crippen LogP contribution in [0.3, 0.4) is 0 Å². The second kappa shape index (κ2) is 7.76. The van der Waals surface area contributed by atoms with Gasteiger partial charge < -0.3 is 0 Å². The highest BCUT2D eigenvalue weighted by atomic mass is 32.1. The minimum atomic E-state index is -0.246. The lowest BCUT2D eigenvalue weighted by atomic mass is 10.3. The Kier molecular flexibility index (Phi) is 4.84. The average Bonchev–Trinajstić information content (AvgIpc) is 3.37. The first kappa shape index (κ1) is 16.9. The number of rotatable bonds is 5. The van der Waals surface area contributed by atoms with Gasteiger partial charge in [0.2, 0.25) is 5.91 Å². The molecule has 0 aliphatic carbocycles. The minimum absolute atomic E-state index is 0.246. The van der Waals surface area contributed by atoms with E-state index in [4.69, 9.17) is 0 Å². The van der Waals surface area contributed by atoms with E-state index in [0.717, 1.165) is 22.6 Å². The molecule has 3 aromatic heterocycles. The summed E-state index contributed by atoms with van der Waals surface area (Å²) in [7, 11) is 0. The second-order valence-electron chi connectivity index (χ2n) is 5.63. The van der Waals surface area contributed by atoms with Crippen molar-refractivity contribution in [3.8, 4) is 17.1 Å². The van der Waals surface area contributed by atoms with Crippen molar-refractivity contribution in [2.45, 2.75) is 0 Å². The van der Waals surface area contributed by atoms with Gasteiger partial charge in [0.15, 0.2) is 5.13 Å². The fraction of sp³-hybridized carbons (Fsp3) is 0. The van der Waals surface area contributed by atoms with Crippen molar-refractivity contribution in [2.75, 3.05) is 5.32 Å². The molecule has 132 valence electrons. The molecule has 27 heavy (non-hydrogen) atoms. The number of anilines is 1. The van der Waals surface area contributed by atoms with Crippen molar-refractivity contribution >= 4 is 28.5 Å². The number of carbonyl (C=O) groups is 1. The Morgan fingerprint density at radius 2 is 1.93 bits per heavy atom. The van der Waals surface area contributed by atoms with Crippen LogP contribution in [0.2, 0.25) is 0 Å². The number of amides is 1. The van der Waals surface area contributed by atoms with Gasteiger partial charge in [0.25, 0.3) is 0 Å². The summed E-state index contributed by atoms with van der Waals surface area (Å²) in [5.41, 5.74) is 3.32. The normalized spacial score (nSPS) is 11.0.